The predicted molar refractivity (Wildman–Crippen MR) is 161 cm³/mol. The van der Waals surface area contributed by atoms with Crippen molar-refractivity contribution in [1.82, 2.24) is 10.2 Å². The van der Waals surface area contributed by atoms with Crippen molar-refractivity contribution in [3.05, 3.63) is 94.0 Å². The summed E-state index contributed by atoms with van der Waals surface area (Å²) in [6.07, 6.45) is 0.728. The Hall–Kier alpha value is -3.36. The minimum atomic E-state index is -4.13. The summed E-state index contributed by atoms with van der Waals surface area (Å²) in [6.45, 7) is 10.6. The van der Waals surface area contributed by atoms with Gasteiger partial charge in [-0.3, -0.25) is 13.9 Å². The van der Waals surface area contributed by atoms with Crippen molar-refractivity contribution in [2.75, 3.05) is 10.8 Å². The van der Waals surface area contributed by atoms with Gasteiger partial charge in [0.1, 0.15) is 12.6 Å². The molecule has 3 rings (SSSR count). The maximum Gasteiger partial charge on any atom is 0.264 e. The molecule has 0 aliphatic rings. The number of carbonyl (C=O) groups excluding carboxylic acids is 2. The smallest absolute Gasteiger partial charge is 0.264 e. The molecule has 2 atom stereocenters. The third-order valence-electron chi connectivity index (χ3n) is 6.98. The van der Waals surface area contributed by atoms with Gasteiger partial charge in [-0.2, -0.15) is 0 Å². The second-order valence-corrected chi connectivity index (χ2v) is 12.5. The first-order valence-electron chi connectivity index (χ1n) is 13.3. The maximum absolute atomic E-state index is 14.1. The number of anilines is 1. The van der Waals surface area contributed by atoms with Gasteiger partial charge in [0.2, 0.25) is 11.8 Å². The molecule has 0 heterocycles. The van der Waals surface area contributed by atoms with Crippen molar-refractivity contribution in [3.8, 4) is 0 Å². The molecule has 0 aliphatic carbocycles. The second kappa shape index (κ2) is 13.3. The molecule has 0 radical (unpaired) electrons. The first-order valence-corrected chi connectivity index (χ1v) is 15.2. The van der Waals surface area contributed by atoms with Crippen LogP contribution in [-0.2, 0) is 26.2 Å². The Balaban J connectivity index is 2.07. The van der Waals surface area contributed by atoms with Crippen LogP contribution in [0.5, 0.6) is 0 Å². The van der Waals surface area contributed by atoms with Crippen LogP contribution in [0.2, 0.25) is 5.02 Å². The SMILES string of the molecule is CC[C@H](C)NC(=O)[C@@H](C)N(Cc1ccccc1Cl)C(=O)CN(c1ccc(C)cc1C)S(=O)(=O)c1ccc(C)cc1. The van der Waals surface area contributed by atoms with Crippen molar-refractivity contribution >= 4 is 39.1 Å². The molecule has 0 aliphatic heterocycles. The predicted octanol–water partition coefficient (Wildman–Crippen LogP) is 5.79. The molecular formula is C31H38ClN3O4S. The van der Waals surface area contributed by atoms with Gasteiger partial charge in [0.15, 0.2) is 0 Å². The largest absolute Gasteiger partial charge is 0.352 e. The van der Waals surface area contributed by atoms with E-state index in [9.17, 15) is 18.0 Å². The van der Waals surface area contributed by atoms with Gasteiger partial charge in [-0.05, 0) is 76.4 Å². The lowest BCUT2D eigenvalue weighted by Crippen LogP contribution is -2.52. The summed E-state index contributed by atoms with van der Waals surface area (Å²) >= 11 is 6.42. The summed E-state index contributed by atoms with van der Waals surface area (Å²) in [6, 6.07) is 18.0. The highest BCUT2D eigenvalue weighted by atomic mass is 35.5. The number of sulfonamides is 1. The van der Waals surface area contributed by atoms with Gasteiger partial charge in [0.05, 0.1) is 10.6 Å². The summed E-state index contributed by atoms with van der Waals surface area (Å²) in [5.41, 5.74) is 3.65. The zero-order chi connectivity index (χ0) is 29.6. The minimum absolute atomic E-state index is 0.0406. The van der Waals surface area contributed by atoms with Crippen LogP contribution in [0.15, 0.2) is 71.6 Å². The molecule has 3 aromatic rings. The summed E-state index contributed by atoms with van der Waals surface area (Å²) in [5, 5.41) is 3.38. The van der Waals surface area contributed by atoms with Crippen molar-refractivity contribution in [3.63, 3.8) is 0 Å². The normalized spacial score (nSPS) is 12.9. The molecular weight excluding hydrogens is 546 g/mol. The van der Waals surface area contributed by atoms with E-state index in [2.05, 4.69) is 5.32 Å². The van der Waals surface area contributed by atoms with Crippen molar-refractivity contribution in [2.24, 2.45) is 0 Å². The van der Waals surface area contributed by atoms with E-state index >= 15 is 0 Å². The average molecular weight is 584 g/mol. The minimum Gasteiger partial charge on any atom is -0.352 e. The standard InChI is InChI=1S/C31H38ClN3O4S/c1-7-24(5)33-31(37)25(6)34(19-26-10-8-9-11-28(26)32)30(36)20-35(29-17-14-22(3)18-23(29)4)40(38,39)27-15-12-21(2)13-16-27/h8-18,24-25H,7,19-20H2,1-6H3,(H,33,37)/t24-,25+/m0/s1. The van der Waals surface area contributed by atoms with Gasteiger partial charge in [-0.15, -0.1) is 0 Å². The number of benzene rings is 3. The number of halogens is 1. The Morgan fingerprint density at radius 2 is 1.55 bits per heavy atom. The lowest BCUT2D eigenvalue weighted by atomic mass is 10.1. The van der Waals surface area contributed by atoms with Crippen molar-refractivity contribution in [1.29, 1.82) is 0 Å². The number of amides is 2. The van der Waals surface area contributed by atoms with Gasteiger partial charge in [0.25, 0.3) is 10.0 Å². The Morgan fingerprint density at radius 3 is 2.15 bits per heavy atom. The van der Waals surface area contributed by atoms with Crippen LogP contribution in [0, 0.1) is 20.8 Å². The maximum atomic E-state index is 14.1. The molecule has 9 heteroatoms. The van der Waals surface area contributed by atoms with Crippen LogP contribution in [0.4, 0.5) is 5.69 Å². The van der Waals surface area contributed by atoms with E-state index in [1.165, 1.54) is 17.0 Å². The molecule has 0 saturated carbocycles. The van der Waals surface area contributed by atoms with E-state index in [1.807, 2.05) is 46.8 Å². The number of hydrogen-bond donors (Lipinski definition) is 1. The molecule has 0 spiro atoms. The number of hydrogen-bond acceptors (Lipinski definition) is 4. The molecule has 0 saturated heterocycles. The number of nitrogens with zero attached hydrogens (tertiary/aromatic N) is 2. The van der Waals surface area contributed by atoms with Gasteiger partial charge >= 0.3 is 0 Å². The van der Waals surface area contributed by atoms with Crippen molar-refractivity contribution < 1.29 is 18.0 Å². The Morgan fingerprint density at radius 1 is 0.925 bits per heavy atom. The molecule has 40 heavy (non-hydrogen) atoms. The molecule has 3 aromatic carbocycles. The van der Waals surface area contributed by atoms with E-state index in [-0.39, 0.29) is 23.4 Å². The summed E-state index contributed by atoms with van der Waals surface area (Å²) < 4.78 is 29.1. The monoisotopic (exact) mass is 583 g/mol. The highest BCUT2D eigenvalue weighted by Crippen LogP contribution is 2.29. The topological polar surface area (TPSA) is 86.8 Å². The Kier molecular flexibility index (Phi) is 10.4. The van der Waals surface area contributed by atoms with Gasteiger partial charge in [-0.25, -0.2) is 8.42 Å². The lowest BCUT2D eigenvalue weighted by Gasteiger charge is -2.33. The van der Waals surface area contributed by atoms with E-state index in [0.29, 0.717) is 21.8 Å². The third kappa shape index (κ3) is 7.43. The summed E-state index contributed by atoms with van der Waals surface area (Å²) in [7, 11) is -4.13. The summed E-state index contributed by atoms with van der Waals surface area (Å²) in [5.74, 6) is -0.850. The first-order chi connectivity index (χ1) is 18.8. The van der Waals surface area contributed by atoms with E-state index in [1.54, 1.807) is 49.4 Å². The fourth-order valence-electron chi connectivity index (χ4n) is 4.29. The zero-order valence-corrected chi connectivity index (χ0v) is 25.5. The van der Waals surface area contributed by atoms with Crippen LogP contribution >= 0.6 is 11.6 Å². The van der Waals surface area contributed by atoms with E-state index in [0.717, 1.165) is 21.9 Å². The molecule has 7 nitrogen and oxygen atoms in total. The molecule has 214 valence electrons. The van der Waals surface area contributed by atoms with Crippen LogP contribution in [0.1, 0.15) is 49.4 Å². The van der Waals surface area contributed by atoms with Crippen LogP contribution in [0.25, 0.3) is 0 Å². The number of aryl methyl sites for hydroxylation is 3. The van der Waals surface area contributed by atoms with E-state index in [4.69, 9.17) is 11.6 Å². The van der Waals surface area contributed by atoms with E-state index < -0.39 is 28.5 Å². The van der Waals surface area contributed by atoms with Crippen LogP contribution < -0.4 is 9.62 Å². The molecule has 0 aromatic heterocycles. The molecule has 0 bridgehead atoms. The highest BCUT2D eigenvalue weighted by Gasteiger charge is 2.33. The van der Waals surface area contributed by atoms with Crippen LogP contribution in [0.3, 0.4) is 0 Å². The second-order valence-electron chi connectivity index (χ2n) is 10.2. The molecule has 1 N–H and O–H groups in total. The number of rotatable bonds is 11. The molecule has 0 unspecified atom stereocenters. The lowest BCUT2D eigenvalue weighted by molar-refractivity contribution is -0.139. The summed E-state index contributed by atoms with van der Waals surface area (Å²) in [4.78, 5) is 28.7. The highest BCUT2D eigenvalue weighted by molar-refractivity contribution is 7.92. The van der Waals surface area contributed by atoms with Gasteiger partial charge < -0.3 is 10.2 Å². The van der Waals surface area contributed by atoms with Gasteiger partial charge in [-0.1, -0.05) is 72.1 Å². The van der Waals surface area contributed by atoms with Crippen molar-refractivity contribution in [2.45, 2.75) is 71.5 Å². The number of nitrogens with one attached hydrogen (secondary N) is 1. The fourth-order valence-corrected chi connectivity index (χ4v) is 5.97. The molecule has 0 fully saturated rings. The Labute approximate surface area is 243 Å². The molecule has 2 amide bonds. The zero-order valence-electron chi connectivity index (χ0n) is 23.9. The Bertz CT molecular complexity index is 1460. The number of carbonyl (C=O) groups is 2. The third-order valence-corrected chi connectivity index (χ3v) is 9.12. The average Bonchev–Trinajstić information content (AvgIpc) is 2.91. The fraction of sp³-hybridized carbons (Fsp3) is 0.355. The van der Waals surface area contributed by atoms with Crippen LogP contribution in [-0.4, -0.2) is 43.8 Å². The first kappa shape index (κ1) is 31.2. The van der Waals surface area contributed by atoms with Gasteiger partial charge in [0, 0.05) is 17.6 Å². The quantitative estimate of drug-likeness (QED) is 0.309.